The first kappa shape index (κ1) is 25.5. The molecule has 2 N–H and O–H groups in total. The topological polar surface area (TPSA) is 83.1 Å². The third-order valence-electron chi connectivity index (χ3n) is 7.08. The van der Waals surface area contributed by atoms with Gasteiger partial charge >= 0.3 is 12.0 Å². The predicted molar refractivity (Wildman–Crippen MR) is 135 cm³/mol. The largest absolute Gasteiger partial charge is 0.491 e. The van der Waals surface area contributed by atoms with E-state index in [9.17, 15) is 9.59 Å². The van der Waals surface area contributed by atoms with E-state index in [-0.39, 0.29) is 18.7 Å². The van der Waals surface area contributed by atoms with Crippen LogP contribution in [-0.2, 0) is 9.53 Å². The van der Waals surface area contributed by atoms with Crippen LogP contribution in [0.1, 0.15) is 64.5 Å². The average Bonchev–Trinajstić information content (AvgIpc) is 2.85. The first-order valence-corrected chi connectivity index (χ1v) is 13.1. The van der Waals surface area contributed by atoms with E-state index in [4.69, 9.17) is 9.47 Å². The molecule has 8 nitrogen and oxygen atoms in total. The fourth-order valence-electron chi connectivity index (χ4n) is 5.40. The van der Waals surface area contributed by atoms with Crippen LogP contribution in [0.25, 0.3) is 0 Å². The fraction of sp³-hybridized carbons (Fsp3) is 0.630. The van der Waals surface area contributed by atoms with Gasteiger partial charge in [0.2, 0.25) is 0 Å². The number of hydrogen-bond donors (Lipinski definition) is 2. The molecular formula is C27H40N4O4. The summed E-state index contributed by atoms with van der Waals surface area (Å²) in [5, 5.41) is 5.84. The summed E-state index contributed by atoms with van der Waals surface area (Å²) in [4.78, 5) is 30.7. The van der Waals surface area contributed by atoms with Gasteiger partial charge in [0, 0.05) is 31.4 Å². The number of esters is 1. The van der Waals surface area contributed by atoms with Gasteiger partial charge in [-0.3, -0.25) is 4.90 Å². The number of piperidine rings is 2. The number of carbonyl (C=O) groups is 2. The quantitative estimate of drug-likeness (QED) is 0.549. The molecule has 35 heavy (non-hydrogen) atoms. The molecule has 4 rings (SSSR count). The molecule has 0 bridgehead atoms. The molecule has 192 valence electrons. The monoisotopic (exact) mass is 484 g/mol. The minimum atomic E-state index is -0.572. The van der Waals surface area contributed by atoms with Crippen LogP contribution in [0.5, 0.6) is 5.75 Å². The SMILES string of the molecule is CCOC(=O)C1=C(CN2CCC(N3CCCCC3)CC2)NC(=O)NC1c1ccc(OC(C)C)cc1. The number of likely N-dealkylation sites (tertiary alicyclic amines) is 2. The summed E-state index contributed by atoms with van der Waals surface area (Å²) >= 11 is 0. The van der Waals surface area contributed by atoms with Crippen molar-refractivity contribution in [1.29, 1.82) is 0 Å². The maximum absolute atomic E-state index is 13.1. The highest BCUT2D eigenvalue weighted by Crippen LogP contribution is 2.30. The van der Waals surface area contributed by atoms with Gasteiger partial charge in [-0.05, 0) is 77.2 Å². The second kappa shape index (κ2) is 11.9. The summed E-state index contributed by atoms with van der Waals surface area (Å²) in [5.74, 6) is 0.355. The lowest BCUT2D eigenvalue weighted by molar-refractivity contribution is -0.139. The van der Waals surface area contributed by atoms with Crippen molar-refractivity contribution in [1.82, 2.24) is 20.4 Å². The first-order chi connectivity index (χ1) is 16.9. The van der Waals surface area contributed by atoms with E-state index in [1.165, 1.54) is 32.4 Å². The van der Waals surface area contributed by atoms with Crippen molar-refractivity contribution in [2.45, 2.75) is 71.1 Å². The average molecular weight is 485 g/mol. The molecule has 2 saturated heterocycles. The lowest BCUT2D eigenvalue weighted by Gasteiger charge is -2.41. The molecular weight excluding hydrogens is 444 g/mol. The number of nitrogens with zero attached hydrogens (tertiary/aromatic N) is 2. The Kier molecular flexibility index (Phi) is 8.68. The van der Waals surface area contributed by atoms with Gasteiger partial charge in [0.15, 0.2) is 0 Å². The number of rotatable bonds is 8. The molecule has 0 aliphatic carbocycles. The number of urea groups is 1. The van der Waals surface area contributed by atoms with E-state index >= 15 is 0 Å². The highest BCUT2D eigenvalue weighted by Gasteiger charge is 2.35. The van der Waals surface area contributed by atoms with Crippen LogP contribution in [0, 0.1) is 0 Å². The van der Waals surface area contributed by atoms with Crippen LogP contribution in [0.15, 0.2) is 35.5 Å². The van der Waals surface area contributed by atoms with Gasteiger partial charge in [0.1, 0.15) is 5.75 Å². The smallest absolute Gasteiger partial charge is 0.338 e. The molecule has 2 amide bonds. The molecule has 0 saturated carbocycles. The Hall–Kier alpha value is -2.58. The van der Waals surface area contributed by atoms with E-state index in [0.29, 0.717) is 23.9 Å². The molecule has 3 heterocycles. The molecule has 1 atom stereocenters. The molecule has 3 aliphatic rings. The lowest BCUT2D eigenvalue weighted by Crippen LogP contribution is -2.51. The van der Waals surface area contributed by atoms with Crippen LogP contribution in [-0.4, -0.2) is 73.3 Å². The minimum absolute atomic E-state index is 0.0695. The maximum atomic E-state index is 13.1. The molecule has 0 aromatic heterocycles. The summed E-state index contributed by atoms with van der Waals surface area (Å²) in [5.41, 5.74) is 1.93. The standard InChI is InChI=1S/C27H40N4O4/c1-4-34-26(32)24-23(18-30-16-12-21(13-17-30)31-14-6-5-7-15-31)28-27(33)29-25(24)20-8-10-22(11-9-20)35-19(2)3/h8-11,19,21,25H,4-7,12-18H2,1-3H3,(H2,28,29,33). The van der Waals surface area contributed by atoms with Crippen LogP contribution in [0.4, 0.5) is 4.79 Å². The van der Waals surface area contributed by atoms with E-state index in [2.05, 4.69) is 20.4 Å². The Balaban J connectivity index is 1.51. The Morgan fingerprint density at radius 1 is 1.06 bits per heavy atom. The van der Waals surface area contributed by atoms with Crippen molar-refractivity contribution >= 4 is 12.0 Å². The molecule has 8 heteroatoms. The number of hydrogen-bond acceptors (Lipinski definition) is 6. The van der Waals surface area contributed by atoms with Crippen molar-refractivity contribution < 1.29 is 19.1 Å². The van der Waals surface area contributed by atoms with E-state index in [1.807, 2.05) is 38.1 Å². The van der Waals surface area contributed by atoms with E-state index in [0.717, 1.165) is 37.2 Å². The van der Waals surface area contributed by atoms with Gasteiger partial charge in [-0.25, -0.2) is 9.59 Å². The minimum Gasteiger partial charge on any atom is -0.491 e. The van der Waals surface area contributed by atoms with E-state index in [1.54, 1.807) is 6.92 Å². The van der Waals surface area contributed by atoms with Crippen molar-refractivity contribution in [2.24, 2.45) is 0 Å². The molecule has 0 radical (unpaired) electrons. The summed E-state index contributed by atoms with van der Waals surface area (Å²) in [6.07, 6.45) is 6.27. The van der Waals surface area contributed by atoms with Gasteiger partial charge in [0.05, 0.1) is 24.3 Å². The Bertz CT molecular complexity index is 900. The van der Waals surface area contributed by atoms with Gasteiger partial charge in [-0.1, -0.05) is 18.6 Å². The number of ether oxygens (including phenoxy) is 2. The van der Waals surface area contributed by atoms with Crippen LogP contribution < -0.4 is 15.4 Å². The number of nitrogens with one attached hydrogen (secondary N) is 2. The number of amides is 2. The van der Waals surface area contributed by atoms with Crippen LogP contribution in [0.3, 0.4) is 0 Å². The van der Waals surface area contributed by atoms with Crippen LogP contribution in [0.2, 0.25) is 0 Å². The number of carbonyl (C=O) groups excluding carboxylic acids is 2. The summed E-state index contributed by atoms with van der Waals surface area (Å²) < 4.78 is 11.2. The zero-order valence-corrected chi connectivity index (χ0v) is 21.3. The Morgan fingerprint density at radius 2 is 1.74 bits per heavy atom. The van der Waals surface area contributed by atoms with Crippen molar-refractivity contribution in [3.63, 3.8) is 0 Å². The van der Waals surface area contributed by atoms with Gasteiger partial charge in [-0.2, -0.15) is 0 Å². The van der Waals surface area contributed by atoms with Crippen molar-refractivity contribution in [2.75, 3.05) is 39.3 Å². The first-order valence-electron chi connectivity index (χ1n) is 13.1. The Labute approximate surface area is 209 Å². The maximum Gasteiger partial charge on any atom is 0.338 e. The second-order valence-corrected chi connectivity index (χ2v) is 9.98. The molecule has 1 aromatic rings. The molecule has 1 aromatic carbocycles. The van der Waals surface area contributed by atoms with Gasteiger partial charge in [-0.15, -0.1) is 0 Å². The predicted octanol–water partition coefficient (Wildman–Crippen LogP) is 3.60. The summed E-state index contributed by atoms with van der Waals surface area (Å²) in [6, 6.07) is 7.31. The fourth-order valence-corrected chi connectivity index (χ4v) is 5.40. The summed E-state index contributed by atoms with van der Waals surface area (Å²) in [7, 11) is 0. The third kappa shape index (κ3) is 6.55. The number of benzene rings is 1. The zero-order valence-electron chi connectivity index (χ0n) is 21.3. The van der Waals surface area contributed by atoms with Crippen molar-refractivity contribution in [3.8, 4) is 5.75 Å². The Morgan fingerprint density at radius 3 is 2.37 bits per heavy atom. The normalized spacial score (nSPS) is 22.6. The highest BCUT2D eigenvalue weighted by molar-refractivity contribution is 5.95. The third-order valence-corrected chi connectivity index (χ3v) is 7.08. The summed E-state index contributed by atoms with van der Waals surface area (Å²) in [6.45, 7) is 10.9. The lowest BCUT2D eigenvalue weighted by atomic mass is 9.94. The molecule has 1 unspecified atom stereocenters. The zero-order chi connectivity index (χ0) is 24.8. The van der Waals surface area contributed by atoms with Gasteiger partial charge < -0.3 is 25.0 Å². The van der Waals surface area contributed by atoms with E-state index < -0.39 is 12.0 Å². The molecule has 3 aliphatic heterocycles. The molecule has 0 spiro atoms. The highest BCUT2D eigenvalue weighted by atomic mass is 16.5. The van der Waals surface area contributed by atoms with Crippen LogP contribution >= 0.6 is 0 Å². The van der Waals surface area contributed by atoms with Gasteiger partial charge in [0.25, 0.3) is 0 Å². The second-order valence-electron chi connectivity index (χ2n) is 9.98. The van der Waals surface area contributed by atoms with Crippen molar-refractivity contribution in [3.05, 3.63) is 41.1 Å². The molecule has 2 fully saturated rings.